The molecule has 1 N–H and O–H groups in total. The Balaban J connectivity index is 1.67. The van der Waals surface area contributed by atoms with Gasteiger partial charge in [-0.2, -0.15) is 9.57 Å². The Morgan fingerprint density at radius 1 is 1.32 bits per heavy atom. The zero-order valence-corrected chi connectivity index (χ0v) is 20.0. The molecule has 0 aliphatic carbocycles. The molecule has 1 amide bonds. The van der Waals surface area contributed by atoms with Crippen LogP contribution in [-0.2, 0) is 19.6 Å². The molecule has 1 saturated heterocycles. The highest BCUT2D eigenvalue weighted by Crippen LogP contribution is 2.35. The molecule has 1 fully saturated rings. The van der Waals surface area contributed by atoms with E-state index in [-0.39, 0.29) is 40.3 Å². The molecule has 1 aliphatic rings. The monoisotopic (exact) mass is 501 g/mol. The normalized spacial score (nSPS) is 15.4. The summed E-state index contributed by atoms with van der Waals surface area (Å²) in [5, 5.41) is 12.5. The molecule has 0 unspecified atom stereocenters. The Morgan fingerprint density at radius 2 is 2.00 bits per heavy atom. The number of rotatable bonds is 6. The van der Waals surface area contributed by atoms with Crippen LogP contribution < -0.4 is 5.32 Å². The number of thiophene rings is 2. The Bertz CT molecular complexity index is 1140. The predicted octanol–water partition coefficient (Wildman–Crippen LogP) is 3.86. The number of nitrogens with zero attached hydrogens (tertiary/aromatic N) is 2. The Kier molecular flexibility index (Phi) is 7.39. The lowest BCUT2D eigenvalue weighted by molar-refractivity contribution is -0.120. The van der Waals surface area contributed by atoms with Crippen LogP contribution >= 0.6 is 34.3 Å². The van der Waals surface area contributed by atoms with Crippen LogP contribution in [0.1, 0.15) is 40.6 Å². The van der Waals surface area contributed by atoms with Crippen molar-refractivity contribution in [3.63, 3.8) is 0 Å². The Morgan fingerprint density at radius 3 is 2.55 bits per heavy atom. The molecule has 0 spiro atoms. The van der Waals surface area contributed by atoms with Crippen LogP contribution in [0, 0.1) is 24.2 Å². The first-order valence-corrected chi connectivity index (χ1v) is 12.9. The van der Waals surface area contributed by atoms with Crippen LogP contribution in [0.3, 0.4) is 0 Å². The summed E-state index contributed by atoms with van der Waals surface area (Å²) in [4.78, 5) is 25.1. The van der Waals surface area contributed by atoms with Crippen molar-refractivity contribution >= 4 is 61.2 Å². The highest BCUT2D eigenvalue weighted by Gasteiger charge is 2.33. The fourth-order valence-electron chi connectivity index (χ4n) is 3.26. The number of amides is 1. The van der Waals surface area contributed by atoms with E-state index in [1.54, 1.807) is 19.9 Å². The maximum Gasteiger partial charge on any atom is 0.348 e. The number of anilines is 1. The molecule has 2 aromatic rings. The lowest BCUT2D eigenvalue weighted by Crippen LogP contribution is -2.41. The number of carbonyl (C=O) groups excluding carboxylic acids is 2. The molecule has 0 bridgehead atoms. The molecule has 0 radical (unpaired) electrons. The van der Waals surface area contributed by atoms with Crippen LogP contribution in [0.4, 0.5) is 5.00 Å². The van der Waals surface area contributed by atoms with Gasteiger partial charge in [-0.05, 0) is 44.4 Å². The van der Waals surface area contributed by atoms with E-state index in [4.69, 9.17) is 16.3 Å². The minimum atomic E-state index is -3.63. The number of sulfonamides is 1. The highest BCUT2D eigenvalue weighted by atomic mass is 35.5. The van der Waals surface area contributed by atoms with Crippen LogP contribution in [0.25, 0.3) is 0 Å². The summed E-state index contributed by atoms with van der Waals surface area (Å²) in [7, 11) is -3.63. The fourth-order valence-corrected chi connectivity index (χ4v) is 7.42. The Labute approximate surface area is 193 Å². The number of hydrogen-bond donors (Lipinski definition) is 1. The summed E-state index contributed by atoms with van der Waals surface area (Å²) >= 11 is 7.86. The first-order valence-electron chi connectivity index (χ1n) is 9.46. The smallest absolute Gasteiger partial charge is 0.348 e. The highest BCUT2D eigenvalue weighted by molar-refractivity contribution is 7.91. The third-order valence-electron chi connectivity index (χ3n) is 4.92. The van der Waals surface area contributed by atoms with Gasteiger partial charge in [-0.25, -0.2) is 13.2 Å². The third-order valence-corrected chi connectivity index (χ3v) is 9.71. The fraction of sp³-hybridized carbons (Fsp3) is 0.421. The van der Waals surface area contributed by atoms with E-state index < -0.39 is 21.9 Å². The Hall–Kier alpha value is -1.97. The molecule has 166 valence electrons. The summed E-state index contributed by atoms with van der Waals surface area (Å²) in [6.07, 6.45) is 0.697. The van der Waals surface area contributed by atoms with Gasteiger partial charge in [0.2, 0.25) is 5.91 Å². The standard InChI is InChI=1S/C19H20ClN3O5S3/c1-3-28-19(25)16-11(2)13(10-21)18(30-16)22-17(24)12-6-8-23(9-7-12)31(26,27)15-5-4-14(20)29-15/h4-5,12H,3,6-9H2,1-2H3,(H,22,24). The van der Waals surface area contributed by atoms with Crippen molar-refractivity contribution in [3.8, 4) is 6.07 Å². The van der Waals surface area contributed by atoms with Gasteiger partial charge in [0.05, 0.1) is 16.5 Å². The van der Waals surface area contributed by atoms with Gasteiger partial charge in [0.1, 0.15) is 20.2 Å². The van der Waals surface area contributed by atoms with E-state index in [1.807, 2.05) is 6.07 Å². The lowest BCUT2D eigenvalue weighted by Gasteiger charge is -2.30. The predicted molar refractivity (Wildman–Crippen MR) is 119 cm³/mol. The maximum absolute atomic E-state index is 12.8. The summed E-state index contributed by atoms with van der Waals surface area (Å²) in [5.41, 5.74) is 0.702. The molecule has 3 heterocycles. The zero-order valence-electron chi connectivity index (χ0n) is 16.8. The first kappa shape index (κ1) is 23.7. The summed E-state index contributed by atoms with van der Waals surface area (Å²) in [5.74, 6) is -1.24. The van der Waals surface area contributed by atoms with Crippen molar-refractivity contribution in [2.24, 2.45) is 5.92 Å². The lowest BCUT2D eigenvalue weighted by atomic mass is 9.97. The molecule has 3 rings (SSSR count). The minimum Gasteiger partial charge on any atom is -0.462 e. The van der Waals surface area contributed by atoms with Gasteiger partial charge in [0.25, 0.3) is 10.0 Å². The maximum atomic E-state index is 12.8. The van der Waals surface area contributed by atoms with Gasteiger partial charge in [-0.1, -0.05) is 11.6 Å². The number of nitrogens with one attached hydrogen (secondary N) is 1. The quantitative estimate of drug-likeness (QED) is 0.600. The molecule has 2 aromatic heterocycles. The van der Waals surface area contributed by atoms with E-state index in [0.717, 1.165) is 22.7 Å². The van der Waals surface area contributed by atoms with Crippen molar-refractivity contribution in [2.75, 3.05) is 25.0 Å². The number of hydrogen-bond acceptors (Lipinski definition) is 8. The van der Waals surface area contributed by atoms with Crippen molar-refractivity contribution in [3.05, 3.63) is 32.5 Å². The summed E-state index contributed by atoms with van der Waals surface area (Å²) in [6, 6.07) is 5.05. The number of piperidine rings is 1. The average molecular weight is 502 g/mol. The van der Waals surface area contributed by atoms with Crippen molar-refractivity contribution in [1.82, 2.24) is 4.31 Å². The number of esters is 1. The van der Waals surface area contributed by atoms with E-state index in [0.29, 0.717) is 27.7 Å². The van der Waals surface area contributed by atoms with Crippen molar-refractivity contribution in [2.45, 2.75) is 30.9 Å². The van der Waals surface area contributed by atoms with Gasteiger partial charge >= 0.3 is 5.97 Å². The molecule has 0 atom stereocenters. The first-order chi connectivity index (χ1) is 14.7. The largest absolute Gasteiger partial charge is 0.462 e. The molecule has 31 heavy (non-hydrogen) atoms. The second-order valence-corrected chi connectivity index (χ2v) is 11.7. The molecule has 12 heteroatoms. The average Bonchev–Trinajstić information content (AvgIpc) is 3.31. The second kappa shape index (κ2) is 9.67. The third kappa shape index (κ3) is 4.94. The number of carbonyl (C=O) groups is 2. The van der Waals surface area contributed by atoms with Crippen LogP contribution in [-0.4, -0.2) is 44.3 Å². The number of halogens is 1. The molecule has 0 aromatic carbocycles. The van der Waals surface area contributed by atoms with Gasteiger partial charge in [-0.15, -0.1) is 22.7 Å². The summed E-state index contributed by atoms with van der Waals surface area (Å²) < 4.78 is 32.4. The van der Waals surface area contributed by atoms with E-state index in [2.05, 4.69) is 5.32 Å². The van der Waals surface area contributed by atoms with Gasteiger partial charge in [-0.3, -0.25) is 4.79 Å². The van der Waals surface area contributed by atoms with Crippen molar-refractivity contribution < 1.29 is 22.7 Å². The topological polar surface area (TPSA) is 117 Å². The van der Waals surface area contributed by atoms with E-state index in [1.165, 1.54) is 10.4 Å². The van der Waals surface area contributed by atoms with E-state index >= 15 is 0 Å². The van der Waals surface area contributed by atoms with Crippen LogP contribution in [0.15, 0.2) is 16.3 Å². The van der Waals surface area contributed by atoms with Gasteiger partial charge < -0.3 is 10.1 Å². The number of ether oxygens (including phenoxy) is 1. The van der Waals surface area contributed by atoms with Crippen LogP contribution in [0.2, 0.25) is 4.34 Å². The molecule has 1 aliphatic heterocycles. The van der Waals surface area contributed by atoms with Gasteiger partial charge in [0, 0.05) is 19.0 Å². The molecule has 8 nitrogen and oxygen atoms in total. The summed E-state index contributed by atoms with van der Waals surface area (Å²) in [6.45, 7) is 3.95. The minimum absolute atomic E-state index is 0.180. The molecule has 0 saturated carbocycles. The number of nitriles is 1. The van der Waals surface area contributed by atoms with Gasteiger partial charge in [0.15, 0.2) is 0 Å². The van der Waals surface area contributed by atoms with E-state index in [9.17, 15) is 23.3 Å². The second-order valence-electron chi connectivity index (χ2n) is 6.82. The SMILES string of the molecule is CCOC(=O)c1sc(NC(=O)C2CCN(S(=O)(=O)c3ccc(Cl)s3)CC2)c(C#N)c1C. The van der Waals surface area contributed by atoms with Crippen LogP contribution in [0.5, 0.6) is 0 Å². The molecular weight excluding hydrogens is 482 g/mol. The zero-order chi connectivity index (χ0) is 22.8. The molecular formula is C19H20ClN3O5S3. The van der Waals surface area contributed by atoms with Crippen molar-refractivity contribution in [1.29, 1.82) is 5.26 Å².